The van der Waals surface area contributed by atoms with Gasteiger partial charge in [0, 0.05) is 12.6 Å². The van der Waals surface area contributed by atoms with E-state index in [2.05, 4.69) is 16.8 Å². The highest BCUT2D eigenvalue weighted by molar-refractivity contribution is 7.71. The first-order valence-electron chi connectivity index (χ1n) is 5.90. The first-order chi connectivity index (χ1) is 9.52. The summed E-state index contributed by atoms with van der Waals surface area (Å²) < 4.78 is 34.0. The number of H-pyrrole nitrogens is 1. The molecule has 1 N–H and O–H groups in total. The summed E-state index contributed by atoms with van der Waals surface area (Å²) in [4.78, 5) is 0. The zero-order valence-corrected chi connectivity index (χ0v) is 11.6. The van der Waals surface area contributed by atoms with Gasteiger partial charge in [-0.15, -0.1) is 6.58 Å². The van der Waals surface area contributed by atoms with Crippen LogP contribution in [-0.2, 0) is 6.54 Å². The van der Waals surface area contributed by atoms with Crippen molar-refractivity contribution in [2.75, 3.05) is 0 Å². The number of nitrogens with one attached hydrogen (secondary N) is 1. The maximum absolute atomic E-state index is 13.5. The lowest BCUT2D eigenvalue weighted by atomic mass is 10.3. The molecule has 7 heteroatoms. The lowest BCUT2D eigenvalue weighted by Crippen LogP contribution is -2.12. The summed E-state index contributed by atoms with van der Waals surface area (Å²) in [6.07, 6.45) is 1.11. The summed E-state index contributed by atoms with van der Waals surface area (Å²) in [6, 6.07) is 3.13. The third-order valence-electron chi connectivity index (χ3n) is 2.66. The maximum atomic E-state index is 13.5. The SMILES string of the molecule is C=CCn1c([C@@H](C)Oc2ccc(F)cc2F)n[nH]c1=S. The van der Waals surface area contributed by atoms with Crippen molar-refractivity contribution < 1.29 is 13.5 Å². The van der Waals surface area contributed by atoms with Gasteiger partial charge in [-0.1, -0.05) is 6.08 Å². The number of nitrogens with zero attached hydrogens (tertiary/aromatic N) is 2. The van der Waals surface area contributed by atoms with E-state index in [4.69, 9.17) is 17.0 Å². The number of aromatic nitrogens is 3. The topological polar surface area (TPSA) is 42.8 Å². The van der Waals surface area contributed by atoms with Gasteiger partial charge in [-0.25, -0.2) is 8.78 Å². The van der Waals surface area contributed by atoms with E-state index in [9.17, 15) is 8.78 Å². The molecular formula is C13H13F2N3OS. The third-order valence-corrected chi connectivity index (χ3v) is 2.97. The molecule has 0 saturated carbocycles. The fraction of sp³-hybridized carbons (Fsp3) is 0.231. The van der Waals surface area contributed by atoms with Crippen molar-refractivity contribution in [2.24, 2.45) is 0 Å². The zero-order chi connectivity index (χ0) is 14.7. The van der Waals surface area contributed by atoms with Crippen LogP contribution in [-0.4, -0.2) is 14.8 Å². The number of benzene rings is 1. The quantitative estimate of drug-likeness (QED) is 0.678. The van der Waals surface area contributed by atoms with Crippen LogP contribution in [0.25, 0.3) is 0 Å². The molecule has 0 aliphatic rings. The van der Waals surface area contributed by atoms with Crippen molar-refractivity contribution >= 4 is 12.2 Å². The first kappa shape index (κ1) is 14.4. The van der Waals surface area contributed by atoms with Crippen LogP contribution in [0.2, 0.25) is 0 Å². The number of rotatable bonds is 5. The van der Waals surface area contributed by atoms with Crippen molar-refractivity contribution in [2.45, 2.75) is 19.6 Å². The van der Waals surface area contributed by atoms with Crippen LogP contribution in [0, 0.1) is 16.4 Å². The second kappa shape index (κ2) is 5.96. The Bertz CT molecular complexity index is 680. The second-order valence-electron chi connectivity index (χ2n) is 4.12. The number of hydrogen-bond donors (Lipinski definition) is 1. The molecule has 2 rings (SSSR count). The molecule has 0 aliphatic heterocycles. The van der Waals surface area contributed by atoms with E-state index < -0.39 is 17.7 Å². The number of ether oxygens (including phenoxy) is 1. The average Bonchev–Trinajstić information content (AvgIpc) is 2.75. The van der Waals surface area contributed by atoms with E-state index in [1.165, 1.54) is 6.07 Å². The monoisotopic (exact) mass is 297 g/mol. The molecule has 0 amide bonds. The molecule has 1 aromatic carbocycles. The molecule has 0 saturated heterocycles. The Hall–Kier alpha value is -2.02. The van der Waals surface area contributed by atoms with E-state index in [-0.39, 0.29) is 5.75 Å². The molecule has 20 heavy (non-hydrogen) atoms. The summed E-state index contributed by atoms with van der Waals surface area (Å²) >= 11 is 5.08. The Balaban J connectivity index is 2.26. The van der Waals surface area contributed by atoms with Crippen molar-refractivity contribution in [3.05, 3.63) is 53.1 Å². The molecule has 1 aromatic heterocycles. The minimum absolute atomic E-state index is 0.0435. The average molecular weight is 297 g/mol. The molecule has 0 radical (unpaired) electrons. The van der Waals surface area contributed by atoms with Gasteiger partial charge in [0.1, 0.15) is 5.82 Å². The molecule has 0 bridgehead atoms. The molecule has 0 aliphatic carbocycles. The summed E-state index contributed by atoms with van der Waals surface area (Å²) in [5.74, 6) is -0.949. The maximum Gasteiger partial charge on any atom is 0.195 e. The van der Waals surface area contributed by atoms with Crippen LogP contribution >= 0.6 is 12.2 Å². The fourth-order valence-electron chi connectivity index (χ4n) is 1.76. The summed E-state index contributed by atoms with van der Waals surface area (Å²) in [5, 5.41) is 6.70. The number of allylic oxidation sites excluding steroid dienone is 1. The van der Waals surface area contributed by atoms with E-state index >= 15 is 0 Å². The van der Waals surface area contributed by atoms with E-state index in [1.807, 2.05) is 0 Å². The number of aromatic amines is 1. The highest BCUT2D eigenvalue weighted by Crippen LogP contribution is 2.24. The molecule has 0 unspecified atom stereocenters. The Labute approximate surface area is 119 Å². The zero-order valence-electron chi connectivity index (χ0n) is 10.8. The van der Waals surface area contributed by atoms with Crippen LogP contribution in [0.5, 0.6) is 5.75 Å². The molecular weight excluding hydrogens is 284 g/mol. The van der Waals surface area contributed by atoms with Gasteiger partial charge >= 0.3 is 0 Å². The number of halogens is 2. The van der Waals surface area contributed by atoms with Crippen LogP contribution in [0.15, 0.2) is 30.9 Å². The van der Waals surface area contributed by atoms with Crippen molar-refractivity contribution in [1.29, 1.82) is 0 Å². The lowest BCUT2D eigenvalue weighted by Gasteiger charge is -2.15. The van der Waals surface area contributed by atoms with Crippen LogP contribution in [0.3, 0.4) is 0 Å². The van der Waals surface area contributed by atoms with Crippen LogP contribution in [0.4, 0.5) is 8.78 Å². The Morgan fingerprint density at radius 3 is 2.95 bits per heavy atom. The Kier molecular flexibility index (Phi) is 4.29. The van der Waals surface area contributed by atoms with Gasteiger partial charge in [-0.05, 0) is 31.3 Å². The van der Waals surface area contributed by atoms with Gasteiger partial charge in [-0.3, -0.25) is 9.67 Å². The summed E-state index contributed by atoms with van der Waals surface area (Å²) in [6.45, 7) is 5.80. The number of hydrogen-bond acceptors (Lipinski definition) is 3. The van der Waals surface area contributed by atoms with Gasteiger partial charge in [-0.2, -0.15) is 5.10 Å². The second-order valence-corrected chi connectivity index (χ2v) is 4.51. The van der Waals surface area contributed by atoms with Crippen LogP contribution < -0.4 is 4.74 Å². The third kappa shape index (κ3) is 2.93. The molecule has 2 aromatic rings. The predicted molar refractivity (Wildman–Crippen MR) is 73.0 cm³/mol. The summed E-state index contributed by atoms with van der Waals surface area (Å²) in [7, 11) is 0. The molecule has 1 heterocycles. The normalized spacial score (nSPS) is 12.2. The predicted octanol–water partition coefficient (Wildman–Crippen LogP) is 3.54. The molecule has 106 valence electrons. The van der Waals surface area contributed by atoms with Gasteiger partial charge in [0.15, 0.2) is 28.3 Å². The first-order valence-corrected chi connectivity index (χ1v) is 6.31. The van der Waals surface area contributed by atoms with Crippen molar-refractivity contribution in [3.63, 3.8) is 0 Å². The largest absolute Gasteiger partial charge is 0.480 e. The van der Waals surface area contributed by atoms with E-state index in [0.717, 1.165) is 12.1 Å². The highest BCUT2D eigenvalue weighted by atomic mass is 32.1. The van der Waals surface area contributed by atoms with Crippen LogP contribution in [0.1, 0.15) is 18.9 Å². The fourth-order valence-corrected chi connectivity index (χ4v) is 1.97. The standard InChI is InChI=1S/C13H13F2N3OS/c1-3-6-18-12(16-17-13(18)20)8(2)19-11-5-4-9(14)7-10(11)15/h3-5,7-8H,1,6H2,2H3,(H,17,20)/t8-/m1/s1. The lowest BCUT2D eigenvalue weighted by molar-refractivity contribution is 0.201. The van der Waals surface area contributed by atoms with E-state index in [0.29, 0.717) is 17.1 Å². The Morgan fingerprint density at radius 1 is 1.55 bits per heavy atom. The molecule has 0 fully saturated rings. The van der Waals surface area contributed by atoms with Gasteiger partial charge < -0.3 is 4.74 Å². The van der Waals surface area contributed by atoms with Gasteiger partial charge in [0.2, 0.25) is 0 Å². The van der Waals surface area contributed by atoms with Crippen molar-refractivity contribution in [3.8, 4) is 5.75 Å². The smallest absolute Gasteiger partial charge is 0.195 e. The molecule has 1 atom stereocenters. The minimum atomic E-state index is -0.763. The minimum Gasteiger partial charge on any atom is -0.480 e. The van der Waals surface area contributed by atoms with Crippen molar-refractivity contribution in [1.82, 2.24) is 14.8 Å². The Morgan fingerprint density at radius 2 is 2.30 bits per heavy atom. The highest BCUT2D eigenvalue weighted by Gasteiger charge is 2.17. The van der Waals surface area contributed by atoms with E-state index in [1.54, 1.807) is 17.6 Å². The molecule has 0 spiro atoms. The molecule has 4 nitrogen and oxygen atoms in total. The van der Waals surface area contributed by atoms with Gasteiger partial charge in [0.25, 0.3) is 0 Å². The van der Waals surface area contributed by atoms with Gasteiger partial charge in [0.05, 0.1) is 0 Å². The summed E-state index contributed by atoms with van der Waals surface area (Å²) in [5.41, 5.74) is 0.